The van der Waals surface area contributed by atoms with E-state index in [4.69, 9.17) is 10.5 Å². The molecule has 7 heteroatoms. The molecule has 0 aliphatic carbocycles. The summed E-state index contributed by atoms with van der Waals surface area (Å²) in [4.78, 5) is 11.5. The molecule has 6 nitrogen and oxygen atoms in total. The molecule has 3 N–H and O–H groups in total. The third-order valence-electron chi connectivity index (χ3n) is 2.73. The van der Waals surface area contributed by atoms with Gasteiger partial charge in [-0.15, -0.1) is 10.2 Å². The fourth-order valence-electron chi connectivity index (χ4n) is 1.81. The minimum atomic E-state index is -0.0455. The van der Waals surface area contributed by atoms with Gasteiger partial charge in [0.1, 0.15) is 15.8 Å². The fraction of sp³-hybridized carbons (Fsp3) is 0.250. The Morgan fingerprint density at radius 3 is 3.11 bits per heavy atom. The van der Waals surface area contributed by atoms with Gasteiger partial charge in [-0.3, -0.25) is 4.79 Å². The standard InChI is InChI=1S/C12H12N4O2S/c13-6-11-15-16-12(19-11)7-1-2-9-8(5-7)14-10(17)3-4-18-9/h1-2,5H,3-4,6,13H2,(H,14,17). The van der Waals surface area contributed by atoms with E-state index in [2.05, 4.69) is 15.5 Å². The summed E-state index contributed by atoms with van der Waals surface area (Å²) >= 11 is 1.44. The summed E-state index contributed by atoms with van der Waals surface area (Å²) in [6.07, 6.45) is 0.361. The lowest BCUT2D eigenvalue weighted by Crippen LogP contribution is -2.10. The van der Waals surface area contributed by atoms with Crippen LogP contribution in [0.3, 0.4) is 0 Å². The molecular weight excluding hydrogens is 264 g/mol. The molecule has 1 amide bonds. The van der Waals surface area contributed by atoms with Crippen molar-refractivity contribution >= 4 is 22.9 Å². The summed E-state index contributed by atoms with van der Waals surface area (Å²) in [7, 11) is 0. The molecule has 0 saturated carbocycles. The van der Waals surface area contributed by atoms with Gasteiger partial charge in [0, 0.05) is 12.1 Å². The van der Waals surface area contributed by atoms with Crippen LogP contribution in [0.15, 0.2) is 18.2 Å². The lowest BCUT2D eigenvalue weighted by Gasteiger charge is -2.07. The quantitative estimate of drug-likeness (QED) is 0.865. The summed E-state index contributed by atoms with van der Waals surface area (Å²) in [6.45, 7) is 0.775. The van der Waals surface area contributed by atoms with Gasteiger partial charge in [0.05, 0.1) is 18.7 Å². The number of amides is 1. The van der Waals surface area contributed by atoms with Gasteiger partial charge in [0.25, 0.3) is 0 Å². The number of carbonyl (C=O) groups is 1. The Hall–Kier alpha value is -1.99. The predicted molar refractivity (Wildman–Crippen MR) is 72.0 cm³/mol. The van der Waals surface area contributed by atoms with Crippen molar-refractivity contribution in [3.05, 3.63) is 23.2 Å². The zero-order chi connectivity index (χ0) is 13.2. The highest BCUT2D eigenvalue weighted by molar-refractivity contribution is 7.14. The largest absolute Gasteiger partial charge is 0.491 e. The van der Waals surface area contributed by atoms with E-state index in [1.165, 1.54) is 11.3 Å². The molecule has 3 rings (SSSR count). The number of ether oxygens (including phenoxy) is 1. The van der Waals surface area contributed by atoms with Crippen molar-refractivity contribution < 1.29 is 9.53 Å². The van der Waals surface area contributed by atoms with Gasteiger partial charge in [0.15, 0.2) is 0 Å². The number of fused-ring (bicyclic) bond motifs is 1. The Balaban J connectivity index is 1.98. The number of nitrogens with two attached hydrogens (primary N) is 1. The molecule has 0 fully saturated rings. The van der Waals surface area contributed by atoms with E-state index >= 15 is 0 Å². The van der Waals surface area contributed by atoms with E-state index in [0.29, 0.717) is 31.0 Å². The van der Waals surface area contributed by atoms with Crippen molar-refractivity contribution in [2.24, 2.45) is 5.73 Å². The fourth-order valence-corrected chi connectivity index (χ4v) is 2.52. The van der Waals surface area contributed by atoms with Gasteiger partial charge in [-0.05, 0) is 18.2 Å². The molecule has 0 unspecified atom stereocenters. The Morgan fingerprint density at radius 2 is 2.32 bits per heavy atom. The number of hydrogen-bond donors (Lipinski definition) is 2. The molecule has 1 aromatic carbocycles. The monoisotopic (exact) mass is 276 g/mol. The Labute approximate surface area is 113 Å². The first-order valence-electron chi connectivity index (χ1n) is 5.86. The number of carbonyl (C=O) groups excluding carboxylic acids is 1. The van der Waals surface area contributed by atoms with Gasteiger partial charge in [-0.1, -0.05) is 11.3 Å². The number of rotatable bonds is 2. The van der Waals surface area contributed by atoms with Crippen LogP contribution in [0, 0.1) is 0 Å². The Morgan fingerprint density at radius 1 is 1.42 bits per heavy atom. The number of anilines is 1. The maximum atomic E-state index is 11.5. The average Bonchev–Trinajstić information content (AvgIpc) is 2.81. The third-order valence-corrected chi connectivity index (χ3v) is 3.72. The summed E-state index contributed by atoms with van der Waals surface area (Å²) in [5.41, 5.74) is 7.08. The van der Waals surface area contributed by atoms with Crippen LogP contribution in [0.25, 0.3) is 10.6 Å². The number of hydrogen-bond acceptors (Lipinski definition) is 6. The molecule has 1 aliphatic heterocycles. The smallest absolute Gasteiger partial charge is 0.227 e. The molecule has 1 aliphatic rings. The molecule has 2 aromatic rings. The molecule has 0 saturated heterocycles. The number of nitrogens with one attached hydrogen (secondary N) is 1. The van der Waals surface area contributed by atoms with Crippen LogP contribution in [-0.4, -0.2) is 22.7 Å². The van der Waals surface area contributed by atoms with Crippen molar-refractivity contribution in [3.63, 3.8) is 0 Å². The van der Waals surface area contributed by atoms with Crippen LogP contribution < -0.4 is 15.8 Å². The lowest BCUT2D eigenvalue weighted by molar-refractivity contribution is -0.116. The van der Waals surface area contributed by atoms with E-state index < -0.39 is 0 Å². The summed E-state index contributed by atoms with van der Waals surface area (Å²) < 4.78 is 5.50. The minimum absolute atomic E-state index is 0.0455. The van der Waals surface area contributed by atoms with Gasteiger partial charge in [0.2, 0.25) is 5.91 Å². The summed E-state index contributed by atoms with van der Waals surface area (Å²) in [5, 5.41) is 12.4. The molecule has 98 valence electrons. The molecule has 19 heavy (non-hydrogen) atoms. The first-order chi connectivity index (χ1) is 9.26. The molecule has 1 aromatic heterocycles. The predicted octanol–water partition coefficient (Wildman–Crippen LogP) is 1.38. The second kappa shape index (κ2) is 4.94. The zero-order valence-electron chi connectivity index (χ0n) is 10.0. The van der Waals surface area contributed by atoms with Crippen LogP contribution in [0.2, 0.25) is 0 Å². The summed E-state index contributed by atoms with van der Waals surface area (Å²) in [5.74, 6) is 0.633. The molecule has 2 heterocycles. The van der Waals surface area contributed by atoms with E-state index in [1.54, 1.807) is 0 Å². The van der Waals surface area contributed by atoms with E-state index in [9.17, 15) is 4.79 Å². The van der Waals surface area contributed by atoms with Crippen molar-refractivity contribution in [3.8, 4) is 16.3 Å². The van der Waals surface area contributed by atoms with Crippen LogP contribution in [0.4, 0.5) is 5.69 Å². The number of nitrogens with zero attached hydrogens (tertiary/aromatic N) is 2. The minimum Gasteiger partial charge on any atom is -0.491 e. The normalized spacial score (nSPS) is 14.3. The highest BCUT2D eigenvalue weighted by Crippen LogP contribution is 2.33. The zero-order valence-corrected chi connectivity index (χ0v) is 10.9. The average molecular weight is 276 g/mol. The lowest BCUT2D eigenvalue weighted by atomic mass is 10.2. The molecule has 0 bridgehead atoms. The number of aromatic nitrogens is 2. The summed E-state index contributed by atoms with van der Waals surface area (Å²) in [6, 6.07) is 5.58. The van der Waals surface area contributed by atoms with Crippen molar-refractivity contribution in [2.45, 2.75) is 13.0 Å². The van der Waals surface area contributed by atoms with Crippen LogP contribution in [-0.2, 0) is 11.3 Å². The van der Waals surface area contributed by atoms with E-state index in [0.717, 1.165) is 15.6 Å². The number of benzene rings is 1. The maximum absolute atomic E-state index is 11.5. The highest BCUT2D eigenvalue weighted by atomic mass is 32.1. The highest BCUT2D eigenvalue weighted by Gasteiger charge is 2.15. The molecule has 0 atom stereocenters. The topological polar surface area (TPSA) is 90.1 Å². The molecule has 0 spiro atoms. The first-order valence-corrected chi connectivity index (χ1v) is 6.67. The van der Waals surface area contributed by atoms with Crippen molar-refractivity contribution in [1.82, 2.24) is 10.2 Å². The van der Waals surface area contributed by atoms with E-state index in [1.807, 2.05) is 18.2 Å². The first kappa shape index (κ1) is 12.1. The van der Waals surface area contributed by atoms with Gasteiger partial charge < -0.3 is 15.8 Å². The SMILES string of the molecule is NCc1nnc(-c2ccc3c(c2)NC(=O)CCO3)s1. The second-order valence-corrected chi connectivity index (χ2v) is 5.12. The Bertz CT molecular complexity index is 626. The second-order valence-electron chi connectivity index (χ2n) is 4.06. The van der Waals surface area contributed by atoms with Crippen LogP contribution in [0.5, 0.6) is 5.75 Å². The van der Waals surface area contributed by atoms with Crippen molar-refractivity contribution in [1.29, 1.82) is 0 Å². The van der Waals surface area contributed by atoms with Gasteiger partial charge in [-0.25, -0.2) is 0 Å². The van der Waals surface area contributed by atoms with Gasteiger partial charge >= 0.3 is 0 Å². The van der Waals surface area contributed by atoms with Crippen LogP contribution >= 0.6 is 11.3 Å². The van der Waals surface area contributed by atoms with Crippen molar-refractivity contribution in [2.75, 3.05) is 11.9 Å². The Kier molecular flexibility index (Phi) is 3.14. The maximum Gasteiger partial charge on any atom is 0.227 e. The molecular formula is C12H12N4O2S. The third kappa shape index (κ3) is 2.42. The van der Waals surface area contributed by atoms with E-state index in [-0.39, 0.29) is 5.91 Å². The van der Waals surface area contributed by atoms with Crippen LogP contribution in [0.1, 0.15) is 11.4 Å². The molecule has 0 radical (unpaired) electrons. The van der Waals surface area contributed by atoms with Gasteiger partial charge in [-0.2, -0.15) is 0 Å².